The van der Waals surface area contributed by atoms with E-state index in [1.54, 1.807) is 42.5 Å². The fourth-order valence-electron chi connectivity index (χ4n) is 3.83. The van der Waals surface area contributed by atoms with Crippen molar-refractivity contribution in [3.05, 3.63) is 94.7 Å². The summed E-state index contributed by atoms with van der Waals surface area (Å²) in [6.45, 7) is 0.110. The number of nitrogens with zero attached hydrogens (tertiary/aromatic N) is 3. The lowest BCUT2D eigenvalue weighted by atomic mass is 9.98. The minimum Gasteiger partial charge on any atom is -0.459 e. The summed E-state index contributed by atoms with van der Waals surface area (Å²) >= 11 is 6.36. The molecule has 9 heteroatoms. The maximum atomic E-state index is 14.7. The Balaban J connectivity index is 1.65. The largest absolute Gasteiger partial charge is 0.459 e. The van der Waals surface area contributed by atoms with Crippen LogP contribution in [0.2, 0.25) is 5.02 Å². The SMILES string of the molecule is COCCN(CC(=O)N1N=C(c2ccccc2Cl)C[C@H]1c1ccccc1F)C(=O)c1ccco1. The van der Waals surface area contributed by atoms with Crippen molar-refractivity contribution in [2.75, 3.05) is 26.8 Å². The summed E-state index contributed by atoms with van der Waals surface area (Å²) in [7, 11) is 1.51. The quantitative estimate of drug-likeness (QED) is 0.471. The van der Waals surface area contributed by atoms with Gasteiger partial charge in [0.25, 0.3) is 11.8 Å². The standard InChI is InChI=1S/C25H23ClFN3O4/c1-33-14-12-29(25(32)23-11-6-13-34-23)16-24(31)30-22(18-8-3-5-10-20(18)27)15-21(28-30)17-7-2-4-9-19(17)26/h2-11,13,22H,12,14-16H2,1H3/t22-/m0/s1. The van der Waals surface area contributed by atoms with Gasteiger partial charge in [-0.05, 0) is 24.3 Å². The first-order chi connectivity index (χ1) is 16.5. The number of amides is 2. The van der Waals surface area contributed by atoms with E-state index in [0.29, 0.717) is 21.9 Å². The third kappa shape index (κ3) is 5.03. The van der Waals surface area contributed by atoms with Gasteiger partial charge in [-0.25, -0.2) is 9.40 Å². The summed E-state index contributed by atoms with van der Waals surface area (Å²) in [6.07, 6.45) is 1.67. The molecule has 3 aromatic rings. The maximum Gasteiger partial charge on any atom is 0.290 e. The Labute approximate surface area is 201 Å². The fraction of sp³-hybridized carbons (Fsp3) is 0.240. The molecular formula is C25H23ClFN3O4. The number of methoxy groups -OCH3 is 1. The minimum absolute atomic E-state index is 0.108. The molecule has 0 spiro atoms. The van der Waals surface area contributed by atoms with E-state index in [0.717, 1.165) is 0 Å². The first-order valence-corrected chi connectivity index (χ1v) is 11.1. The number of ether oxygens (including phenoxy) is 1. The molecule has 1 aliphatic rings. The second-order valence-corrected chi connectivity index (χ2v) is 8.11. The van der Waals surface area contributed by atoms with Crippen molar-refractivity contribution in [3.8, 4) is 0 Å². The highest BCUT2D eigenvalue weighted by molar-refractivity contribution is 6.34. The number of rotatable bonds is 8. The lowest BCUT2D eigenvalue weighted by molar-refractivity contribution is -0.133. The summed E-state index contributed by atoms with van der Waals surface area (Å²) in [5, 5.41) is 6.26. The molecule has 4 rings (SSSR count). The van der Waals surface area contributed by atoms with Crippen molar-refractivity contribution in [2.45, 2.75) is 12.5 Å². The van der Waals surface area contributed by atoms with Crippen molar-refractivity contribution < 1.29 is 23.1 Å². The van der Waals surface area contributed by atoms with Gasteiger partial charge in [0, 0.05) is 36.2 Å². The third-order valence-corrected chi connectivity index (χ3v) is 5.86. The van der Waals surface area contributed by atoms with Crippen LogP contribution in [0.1, 0.15) is 34.1 Å². The predicted molar refractivity (Wildman–Crippen MR) is 125 cm³/mol. The molecule has 0 aliphatic carbocycles. The van der Waals surface area contributed by atoms with E-state index in [1.807, 2.05) is 6.07 Å². The molecule has 7 nitrogen and oxygen atoms in total. The second kappa shape index (κ2) is 10.6. The monoisotopic (exact) mass is 483 g/mol. The van der Waals surface area contributed by atoms with Gasteiger partial charge in [-0.1, -0.05) is 48.0 Å². The molecule has 0 saturated carbocycles. The van der Waals surface area contributed by atoms with Gasteiger partial charge >= 0.3 is 0 Å². The summed E-state index contributed by atoms with van der Waals surface area (Å²) in [6, 6.07) is 15.9. The van der Waals surface area contributed by atoms with Crippen molar-refractivity contribution in [1.82, 2.24) is 9.91 Å². The molecule has 2 heterocycles. The van der Waals surface area contributed by atoms with Crippen LogP contribution in [0.5, 0.6) is 0 Å². The lowest BCUT2D eigenvalue weighted by Gasteiger charge is -2.26. The van der Waals surface area contributed by atoms with Crippen LogP contribution in [0.25, 0.3) is 0 Å². The van der Waals surface area contributed by atoms with Gasteiger partial charge in [-0.2, -0.15) is 5.10 Å². The topological polar surface area (TPSA) is 75.3 Å². The highest BCUT2D eigenvalue weighted by Gasteiger charge is 2.36. The van der Waals surface area contributed by atoms with Crippen molar-refractivity contribution in [1.29, 1.82) is 0 Å². The molecule has 0 saturated heterocycles. The first-order valence-electron chi connectivity index (χ1n) is 10.7. The number of hydrogen-bond acceptors (Lipinski definition) is 5. The Morgan fingerprint density at radius 2 is 1.94 bits per heavy atom. The van der Waals surface area contributed by atoms with Crippen molar-refractivity contribution in [2.24, 2.45) is 5.10 Å². The van der Waals surface area contributed by atoms with Gasteiger partial charge in [0.15, 0.2) is 5.76 Å². The molecule has 0 fully saturated rings. The van der Waals surface area contributed by atoms with Crippen LogP contribution in [0.15, 0.2) is 76.4 Å². The minimum atomic E-state index is -0.678. The number of furan rings is 1. The molecular weight excluding hydrogens is 461 g/mol. The van der Waals surface area contributed by atoms with Crippen LogP contribution < -0.4 is 0 Å². The van der Waals surface area contributed by atoms with Crippen LogP contribution in [-0.4, -0.2) is 54.2 Å². The van der Waals surface area contributed by atoms with Crippen LogP contribution >= 0.6 is 11.6 Å². The zero-order chi connectivity index (χ0) is 24.1. The predicted octanol–water partition coefficient (Wildman–Crippen LogP) is 4.54. The summed E-state index contributed by atoms with van der Waals surface area (Å²) in [5.74, 6) is -1.25. The number of hydrazone groups is 1. The molecule has 1 aromatic heterocycles. The van der Waals surface area contributed by atoms with Gasteiger partial charge in [0.2, 0.25) is 0 Å². The lowest BCUT2D eigenvalue weighted by Crippen LogP contribution is -2.42. The molecule has 176 valence electrons. The number of hydrogen-bond donors (Lipinski definition) is 0. The molecule has 0 radical (unpaired) electrons. The molecule has 0 N–H and O–H groups in total. The van der Waals surface area contributed by atoms with E-state index in [4.69, 9.17) is 20.8 Å². The Kier molecular flexibility index (Phi) is 7.40. The number of halogens is 2. The van der Waals surface area contributed by atoms with E-state index >= 15 is 0 Å². The molecule has 0 bridgehead atoms. The fourth-order valence-corrected chi connectivity index (χ4v) is 4.08. The Morgan fingerprint density at radius 1 is 1.18 bits per heavy atom. The maximum absolute atomic E-state index is 14.7. The van der Waals surface area contributed by atoms with Crippen LogP contribution in [-0.2, 0) is 9.53 Å². The van der Waals surface area contributed by atoms with E-state index in [9.17, 15) is 14.0 Å². The van der Waals surface area contributed by atoms with Crippen LogP contribution in [0, 0.1) is 5.82 Å². The number of benzene rings is 2. The van der Waals surface area contributed by atoms with Gasteiger partial charge in [0.05, 0.1) is 24.6 Å². The summed E-state index contributed by atoms with van der Waals surface area (Å²) in [5.41, 5.74) is 1.57. The van der Waals surface area contributed by atoms with Gasteiger partial charge < -0.3 is 14.1 Å². The second-order valence-electron chi connectivity index (χ2n) is 7.70. The van der Waals surface area contributed by atoms with E-state index < -0.39 is 23.7 Å². The molecule has 2 amide bonds. The molecule has 34 heavy (non-hydrogen) atoms. The van der Waals surface area contributed by atoms with Gasteiger partial charge in [-0.15, -0.1) is 0 Å². The van der Waals surface area contributed by atoms with Gasteiger partial charge in [0.1, 0.15) is 12.4 Å². The summed E-state index contributed by atoms with van der Waals surface area (Å²) < 4.78 is 25.0. The first kappa shape index (κ1) is 23.7. The Bertz CT molecular complexity index is 1200. The van der Waals surface area contributed by atoms with Crippen LogP contribution in [0.3, 0.4) is 0 Å². The average molecular weight is 484 g/mol. The van der Waals surface area contributed by atoms with E-state index in [1.165, 1.54) is 35.4 Å². The van der Waals surface area contributed by atoms with E-state index in [2.05, 4.69) is 5.10 Å². The smallest absolute Gasteiger partial charge is 0.290 e. The third-order valence-electron chi connectivity index (χ3n) is 5.53. The zero-order valence-corrected chi connectivity index (χ0v) is 19.2. The molecule has 2 aromatic carbocycles. The van der Waals surface area contributed by atoms with Crippen LogP contribution in [0.4, 0.5) is 4.39 Å². The number of carbonyl (C=O) groups excluding carboxylic acids is 2. The average Bonchev–Trinajstić information content (AvgIpc) is 3.52. The zero-order valence-electron chi connectivity index (χ0n) is 18.5. The van der Waals surface area contributed by atoms with Crippen molar-refractivity contribution >= 4 is 29.1 Å². The Morgan fingerprint density at radius 3 is 2.65 bits per heavy atom. The van der Waals surface area contributed by atoms with E-state index in [-0.39, 0.29) is 31.9 Å². The molecule has 1 atom stereocenters. The molecule has 0 unspecified atom stereocenters. The summed E-state index contributed by atoms with van der Waals surface area (Å²) in [4.78, 5) is 27.7. The Hall–Kier alpha value is -3.49. The van der Waals surface area contributed by atoms with Gasteiger partial charge in [-0.3, -0.25) is 9.59 Å². The highest BCUT2D eigenvalue weighted by Crippen LogP contribution is 2.35. The highest BCUT2D eigenvalue weighted by atomic mass is 35.5. The van der Waals surface area contributed by atoms with Crippen molar-refractivity contribution in [3.63, 3.8) is 0 Å². The molecule has 1 aliphatic heterocycles. The normalized spacial score (nSPS) is 15.3. The number of carbonyl (C=O) groups is 2.